The highest BCUT2D eigenvalue weighted by Crippen LogP contribution is 2.17. The van der Waals surface area contributed by atoms with Crippen molar-refractivity contribution < 1.29 is 22.1 Å². The maximum absolute atomic E-state index is 13.3. The second-order valence-corrected chi connectivity index (χ2v) is 5.96. The lowest BCUT2D eigenvalue weighted by Gasteiger charge is -2.09. The van der Waals surface area contributed by atoms with Crippen LogP contribution in [0.15, 0.2) is 23.1 Å². The molecular formula is C11H17F2N2O2S+. The molecule has 102 valence electrons. The predicted molar refractivity (Wildman–Crippen MR) is 63.8 cm³/mol. The maximum atomic E-state index is 13.3. The highest BCUT2D eigenvalue weighted by molar-refractivity contribution is 7.89. The molecule has 4 nitrogen and oxygen atoms in total. The van der Waals surface area contributed by atoms with Crippen LogP contribution in [0.2, 0.25) is 0 Å². The van der Waals surface area contributed by atoms with Gasteiger partial charge in [0.2, 0.25) is 10.0 Å². The third-order valence-corrected chi connectivity index (χ3v) is 3.84. The number of hydrogen-bond acceptors (Lipinski definition) is 2. The Morgan fingerprint density at radius 3 is 2.28 bits per heavy atom. The van der Waals surface area contributed by atoms with Crippen LogP contribution in [0.3, 0.4) is 0 Å². The molecule has 1 aromatic carbocycles. The van der Waals surface area contributed by atoms with Crippen molar-refractivity contribution in [1.82, 2.24) is 4.72 Å². The Labute approximate surface area is 106 Å². The standard InChI is InChI=1S/C11H16F2N2O2S/c1-15(2)8-4-7-14-18(16,17)11-9(12)5-3-6-10(11)13/h3,5-6,14H,4,7-8H2,1-2H3/p+1. The molecule has 0 atom stereocenters. The number of quaternary nitrogens is 1. The summed E-state index contributed by atoms with van der Waals surface area (Å²) in [6, 6.07) is 2.96. The average Bonchev–Trinajstić information content (AvgIpc) is 2.23. The Balaban J connectivity index is 2.75. The third kappa shape index (κ3) is 4.01. The zero-order valence-electron chi connectivity index (χ0n) is 10.3. The summed E-state index contributed by atoms with van der Waals surface area (Å²) in [5, 5.41) is 0. The van der Waals surface area contributed by atoms with Gasteiger partial charge in [0, 0.05) is 13.0 Å². The van der Waals surface area contributed by atoms with Gasteiger partial charge in [0.05, 0.1) is 20.6 Å². The van der Waals surface area contributed by atoms with Gasteiger partial charge in [-0.25, -0.2) is 21.9 Å². The van der Waals surface area contributed by atoms with Gasteiger partial charge in [-0.3, -0.25) is 0 Å². The highest BCUT2D eigenvalue weighted by Gasteiger charge is 2.23. The first-order valence-corrected chi connectivity index (χ1v) is 7.05. The Bertz CT molecular complexity index is 484. The van der Waals surface area contributed by atoms with Gasteiger partial charge >= 0.3 is 0 Å². The van der Waals surface area contributed by atoms with Crippen LogP contribution in [0.5, 0.6) is 0 Å². The lowest BCUT2D eigenvalue weighted by molar-refractivity contribution is -0.858. The molecule has 0 unspecified atom stereocenters. The molecule has 0 radical (unpaired) electrons. The molecule has 1 rings (SSSR count). The summed E-state index contributed by atoms with van der Waals surface area (Å²) >= 11 is 0. The van der Waals surface area contributed by atoms with Gasteiger partial charge in [-0.2, -0.15) is 0 Å². The minimum Gasteiger partial charge on any atom is -0.340 e. The van der Waals surface area contributed by atoms with Crippen molar-refractivity contribution >= 4 is 10.0 Å². The van der Waals surface area contributed by atoms with E-state index in [4.69, 9.17) is 0 Å². The molecule has 0 heterocycles. The number of halogens is 2. The SMILES string of the molecule is C[NH+](C)CCCNS(=O)(=O)c1c(F)cccc1F. The summed E-state index contributed by atoms with van der Waals surface area (Å²) in [7, 11) is -0.258. The number of benzene rings is 1. The Hall–Kier alpha value is -1.05. The maximum Gasteiger partial charge on any atom is 0.246 e. The van der Waals surface area contributed by atoms with Gasteiger partial charge in [0.15, 0.2) is 4.90 Å². The molecule has 0 saturated carbocycles. The van der Waals surface area contributed by atoms with E-state index in [1.54, 1.807) is 0 Å². The summed E-state index contributed by atoms with van der Waals surface area (Å²) in [5.41, 5.74) is 0. The van der Waals surface area contributed by atoms with Gasteiger partial charge in [0.25, 0.3) is 0 Å². The van der Waals surface area contributed by atoms with Crippen molar-refractivity contribution in [3.8, 4) is 0 Å². The van der Waals surface area contributed by atoms with Crippen LogP contribution < -0.4 is 9.62 Å². The van der Waals surface area contributed by atoms with Gasteiger partial charge in [-0.05, 0) is 12.1 Å². The number of rotatable bonds is 6. The van der Waals surface area contributed by atoms with Crippen molar-refractivity contribution in [3.05, 3.63) is 29.8 Å². The molecule has 0 saturated heterocycles. The molecule has 0 bridgehead atoms. The van der Waals surface area contributed by atoms with Crippen LogP contribution in [-0.2, 0) is 10.0 Å². The first-order valence-electron chi connectivity index (χ1n) is 5.57. The van der Waals surface area contributed by atoms with Crippen LogP contribution in [-0.4, -0.2) is 35.6 Å². The smallest absolute Gasteiger partial charge is 0.246 e. The van der Waals surface area contributed by atoms with Crippen molar-refractivity contribution in [3.63, 3.8) is 0 Å². The molecule has 2 N–H and O–H groups in total. The highest BCUT2D eigenvalue weighted by atomic mass is 32.2. The summed E-state index contributed by atoms with van der Waals surface area (Å²) in [4.78, 5) is 0.258. The summed E-state index contributed by atoms with van der Waals surface area (Å²) in [5.74, 6) is -2.17. The monoisotopic (exact) mass is 279 g/mol. The Morgan fingerprint density at radius 1 is 1.22 bits per heavy atom. The first-order chi connectivity index (χ1) is 8.34. The minimum absolute atomic E-state index is 0.154. The van der Waals surface area contributed by atoms with E-state index in [0.29, 0.717) is 6.42 Å². The Morgan fingerprint density at radius 2 is 1.78 bits per heavy atom. The van der Waals surface area contributed by atoms with Gasteiger partial charge < -0.3 is 4.90 Å². The van der Waals surface area contributed by atoms with Crippen LogP contribution >= 0.6 is 0 Å². The van der Waals surface area contributed by atoms with Gasteiger partial charge in [-0.15, -0.1) is 0 Å². The zero-order valence-corrected chi connectivity index (χ0v) is 11.2. The number of sulfonamides is 1. The molecule has 1 aromatic rings. The molecule has 0 aliphatic heterocycles. The number of hydrogen-bond donors (Lipinski definition) is 2. The minimum atomic E-state index is -4.13. The Kier molecular flexibility index (Phi) is 5.18. The normalized spacial score (nSPS) is 12.1. The van der Waals surface area contributed by atoms with Crippen molar-refractivity contribution in [1.29, 1.82) is 0 Å². The largest absolute Gasteiger partial charge is 0.340 e. The van der Waals surface area contributed by atoms with E-state index in [0.717, 1.165) is 24.7 Å². The molecule has 0 fully saturated rings. The predicted octanol–water partition coefficient (Wildman–Crippen LogP) is -0.222. The number of nitrogens with one attached hydrogen (secondary N) is 2. The van der Waals surface area contributed by atoms with Crippen molar-refractivity contribution in [2.45, 2.75) is 11.3 Å². The molecule has 0 aliphatic carbocycles. The van der Waals surface area contributed by atoms with Crippen LogP contribution in [0.25, 0.3) is 0 Å². The molecule has 7 heteroatoms. The van der Waals surface area contributed by atoms with Crippen LogP contribution in [0, 0.1) is 11.6 Å². The molecule has 0 aliphatic rings. The lowest BCUT2D eigenvalue weighted by atomic mass is 10.3. The molecule has 0 spiro atoms. The van der Waals surface area contributed by atoms with Crippen molar-refractivity contribution in [2.75, 3.05) is 27.2 Å². The van der Waals surface area contributed by atoms with E-state index < -0.39 is 26.6 Å². The summed E-state index contributed by atoms with van der Waals surface area (Å²) in [6.07, 6.45) is 0.595. The second-order valence-electron chi connectivity index (χ2n) is 4.26. The molecule has 0 aromatic heterocycles. The second kappa shape index (κ2) is 6.21. The van der Waals surface area contributed by atoms with Gasteiger partial charge in [0.1, 0.15) is 11.6 Å². The quantitative estimate of drug-likeness (QED) is 0.707. The fraction of sp³-hybridized carbons (Fsp3) is 0.455. The summed E-state index contributed by atoms with van der Waals surface area (Å²) < 4.78 is 52.3. The van der Waals surface area contributed by atoms with E-state index in [2.05, 4.69) is 4.72 Å². The van der Waals surface area contributed by atoms with E-state index in [-0.39, 0.29) is 6.54 Å². The van der Waals surface area contributed by atoms with E-state index >= 15 is 0 Å². The summed E-state index contributed by atoms with van der Waals surface area (Å²) in [6.45, 7) is 0.920. The molecule has 18 heavy (non-hydrogen) atoms. The third-order valence-electron chi connectivity index (χ3n) is 2.33. The lowest BCUT2D eigenvalue weighted by Crippen LogP contribution is -3.05. The van der Waals surface area contributed by atoms with E-state index in [1.807, 2.05) is 14.1 Å². The zero-order chi connectivity index (χ0) is 13.8. The fourth-order valence-electron chi connectivity index (χ4n) is 1.46. The average molecular weight is 279 g/mol. The molecular weight excluding hydrogens is 262 g/mol. The van der Waals surface area contributed by atoms with Crippen LogP contribution in [0.4, 0.5) is 8.78 Å². The van der Waals surface area contributed by atoms with Crippen molar-refractivity contribution in [2.24, 2.45) is 0 Å². The van der Waals surface area contributed by atoms with Crippen LogP contribution in [0.1, 0.15) is 6.42 Å². The topological polar surface area (TPSA) is 50.6 Å². The fourth-order valence-corrected chi connectivity index (χ4v) is 2.67. The van der Waals surface area contributed by atoms with E-state index in [1.165, 1.54) is 4.90 Å². The molecule has 0 amide bonds. The first kappa shape index (κ1) is 15.0. The van der Waals surface area contributed by atoms with Gasteiger partial charge in [-0.1, -0.05) is 6.07 Å². The van der Waals surface area contributed by atoms with E-state index in [9.17, 15) is 17.2 Å².